The smallest absolute Gasteiger partial charge is 0.134 e. The van der Waals surface area contributed by atoms with E-state index in [1.807, 2.05) is 42.1 Å². The average Bonchev–Trinajstić information content (AvgIpc) is 2.61. The Morgan fingerprint density at radius 3 is 2.68 bits per heavy atom. The molecule has 0 bridgehead atoms. The van der Waals surface area contributed by atoms with Crippen LogP contribution in [0.5, 0.6) is 0 Å². The van der Waals surface area contributed by atoms with Gasteiger partial charge in [-0.1, -0.05) is 24.3 Å². The zero-order chi connectivity index (χ0) is 15.2. The lowest BCUT2D eigenvalue weighted by Crippen LogP contribution is -2.33. The lowest BCUT2D eigenvalue weighted by Gasteiger charge is -2.27. The van der Waals surface area contributed by atoms with Gasteiger partial charge in [0.15, 0.2) is 0 Å². The molecule has 6 heteroatoms. The van der Waals surface area contributed by atoms with Gasteiger partial charge in [0.2, 0.25) is 0 Å². The van der Waals surface area contributed by atoms with E-state index in [-0.39, 0.29) is 6.61 Å². The highest BCUT2D eigenvalue weighted by Gasteiger charge is 2.13. The maximum Gasteiger partial charge on any atom is 0.134 e. The molecular weight excluding hydrogens is 296 g/mol. The van der Waals surface area contributed by atoms with E-state index < -0.39 is 0 Å². The molecular formula is C16H20N4OS. The number of aliphatic hydroxyl groups excluding tert-OH is 1. The van der Waals surface area contributed by atoms with Crippen molar-refractivity contribution in [3.05, 3.63) is 47.8 Å². The van der Waals surface area contributed by atoms with Crippen LogP contribution >= 0.6 is 11.8 Å². The third-order valence-corrected chi connectivity index (χ3v) is 4.68. The van der Waals surface area contributed by atoms with Crippen LogP contribution in [0.3, 0.4) is 0 Å². The van der Waals surface area contributed by atoms with Crippen molar-refractivity contribution in [3.63, 3.8) is 0 Å². The molecule has 1 aliphatic rings. The van der Waals surface area contributed by atoms with Crippen LogP contribution in [-0.4, -0.2) is 39.7 Å². The zero-order valence-electron chi connectivity index (χ0n) is 12.4. The van der Waals surface area contributed by atoms with Crippen molar-refractivity contribution in [1.29, 1.82) is 0 Å². The Kier molecular flexibility index (Phi) is 5.13. The molecule has 0 radical (unpaired) electrons. The van der Waals surface area contributed by atoms with E-state index in [1.165, 1.54) is 0 Å². The van der Waals surface area contributed by atoms with Gasteiger partial charge in [0.1, 0.15) is 18.0 Å². The monoisotopic (exact) mass is 316 g/mol. The van der Waals surface area contributed by atoms with Crippen molar-refractivity contribution in [2.45, 2.75) is 13.2 Å². The van der Waals surface area contributed by atoms with Crippen LogP contribution in [0.25, 0.3) is 0 Å². The summed E-state index contributed by atoms with van der Waals surface area (Å²) in [5.41, 5.74) is 2.02. The second-order valence-electron chi connectivity index (χ2n) is 5.14. The highest BCUT2D eigenvalue weighted by Crippen LogP contribution is 2.19. The first-order valence-corrected chi connectivity index (χ1v) is 8.58. The SMILES string of the molecule is OCc1ccccc1CNc1cc(N2CCSCC2)ncn1. The van der Waals surface area contributed by atoms with E-state index in [0.717, 1.165) is 47.4 Å². The van der Waals surface area contributed by atoms with Gasteiger partial charge in [-0.05, 0) is 11.1 Å². The van der Waals surface area contributed by atoms with Crippen molar-refractivity contribution in [2.24, 2.45) is 0 Å². The maximum atomic E-state index is 9.37. The van der Waals surface area contributed by atoms with Gasteiger partial charge in [-0.25, -0.2) is 9.97 Å². The third-order valence-electron chi connectivity index (χ3n) is 3.74. The number of nitrogens with one attached hydrogen (secondary N) is 1. The highest BCUT2D eigenvalue weighted by molar-refractivity contribution is 7.99. The average molecular weight is 316 g/mol. The second-order valence-corrected chi connectivity index (χ2v) is 6.37. The van der Waals surface area contributed by atoms with E-state index in [2.05, 4.69) is 20.2 Å². The number of thioether (sulfide) groups is 1. The minimum Gasteiger partial charge on any atom is -0.392 e. The third kappa shape index (κ3) is 3.69. The molecule has 0 amide bonds. The Bertz CT molecular complexity index is 617. The number of anilines is 2. The molecule has 0 spiro atoms. The highest BCUT2D eigenvalue weighted by atomic mass is 32.2. The lowest BCUT2D eigenvalue weighted by molar-refractivity contribution is 0.280. The minimum atomic E-state index is 0.0539. The van der Waals surface area contributed by atoms with Crippen LogP contribution in [0.1, 0.15) is 11.1 Å². The van der Waals surface area contributed by atoms with Gasteiger partial charge in [0, 0.05) is 37.2 Å². The fraction of sp³-hybridized carbons (Fsp3) is 0.375. The van der Waals surface area contributed by atoms with Crippen molar-refractivity contribution in [2.75, 3.05) is 34.8 Å². The maximum absolute atomic E-state index is 9.37. The van der Waals surface area contributed by atoms with Crippen LogP contribution in [0, 0.1) is 0 Å². The molecule has 0 unspecified atom stereocenters. The topological polar surface area (TPSA) is 61.3 Å². The van der Waals surface area contributed by atoms with Crippen molar-refractivity contribution in [3.8, 4) is 0 Å². The summed E-state index contributed by atoms with van der Waals surface area (Å²) < 4.78 is 0. The standard InChI is InChI=1S/C16H20N4OS/c21-11-14-4-2-1-3-13(14)10-17-15-9-16(19-12-18-15)20-5-7-22-8-6-20/h1-4,9,12,21H,5-8,10-11H2,(H,17,18,19). The Hall–Kier alpha value is -1.79. The summed E-state index contributed by atoms with van der Waals surface area (Å²) in [4.78, 5) is 11.0. The number of aromatic nitrogens is 2. The lowest BCUT2D eigenvalue weighted by atomic mass is 10.1. The molecule has 2 N–H and O–H groups in total. The zero-order valence-corrected chi connectivity index (χ0v) is 13.2. The van der Waals surface area contributed by atoms with Gasteiger partial charge in [-0.15, -0.1) is 0 Å². The van der Waals surface area contributed by atoms with Gasteiger partial charge in [-0.3, -0.25) is 0 Å². The molecule has 1 saturated heterocycles. The fourth-order valence-corrected chi connectivity index (χ4v) is 3.38. The molecule has 1 fully saturated rings. The van der Waals surface area contributed by atoms with Gasteiger partial charge in [0.05, 0.1) is 6.61 Å². The number of benzene rings is 1. The van der Waals surface area contributed by atoms with Crippen LogP contribution in [0.2, 0.25) is 0 Å². The predicted molar refractivity (Wildman–Crippen MR) is 91.3 cm³/mol. The number of nitrogens with zero attached hydrogens (tertiary/aromatic N) is 3. The van der Waals surface area contributed by atoms with E-state index in [0.29, 0.717) is 6.54 Å². The first-order chi connectivity index (χ1) is 10.9. The Morgan fingerprint density at radius 2 is 1.91 bits per heavy atom. The molecule has 116 valence electrons. The van der Waals surface area contributed by atoms with Crippen LogP contribution in [0.4, 0.5) is 11.6 Å². The first kappa shape index (κ1) is 15.1. The molecule has 3 rings (SSSR count). The van der Waals surface area contributed by atoms with E-state index in [4.69, 9.17) is 0 Å². The van der Waals surface area contributed by atoms with Gasteiger partial charge in [-0.2, -0.15) is 11.8 Å². The van der Waals surface area contributed by atoms with E-state index in [9.17, 15) is 5.11 Å². The normalized spacial score (nSPS) is 14.9. The fourth-order valence-electron chi connectivity index (χ4n) is 2.48. The van der Waals surface area contributed by atoms with Gasteiger partial charge < -0.3 is 15.3 Å². The molecule has 1 aromatic carbocycles. The second kappa shape index (κ2) is 7.47. The molecule has 5 nitrogen and oxygen atoms in total. The van der Waals surface area contributed by atoms with Crippen molar-refractivity contribution >= 4 is 23.4 Å². The molecule has 2 heterocycles. The molecule has 1 aliphatic heterocycles. The first-order valence-electron chi connectivity index (χ1n) is 7.43. The summed E-state index contributed by atoms with van der Waals surface area (Å²) in [6.45, 7) is 2.77. The van der Waals surface area contributed by atoms with E-state index in [1.54, 1.807) is 6.33 Å². The summed E-state index contributed by atoms with van der Waals surface area (Å²) in [6.07, 6.45) is 1.61. The van der Waals surface area contributed by atoms with Gasteiger partial charge >= 0.3 is 0 Å². The Balaban J connectivity index is 1.67. The van der Waals surface area contributed by atoms with Crippen LogP contribution in [0.15, 0.2) is 36.7 Å². The number of hydrogen-bond acceptors (Lipinski definition) is 6. The predicted octanol–water partition coefficient (Wildman–Crippen LogP) is 2.13. The van der Waals surface area contributed by atoms with Crippen molar-refractivity contribution in [1.82, 2.24) is 9.97 Å². The van der Waals surface area contributed by atoms with E-state index >= 15 is 0 Å². The molecule has 0 atom stereocenters. The number of aliphatic hydroxyl groups is 1. The largest absolute Gasteiger partial charge is 0.392 e. The molecule has 1 aromatic heterocycles. The number of hydrogen-bond donors (Lipinski definition) is 2. The minimum absolute atomic E-state index is 0.0539. The molecule has 2 aromatic rings. The quantitative estimate of drug-likeness (QED) is 0.881. The summed E-state index contributed by atoms with van der Waals surface area (Å²) in [5, 5.41) is 12.7. The van der Waals surface area contributed by atoms with Crippen LogP contribution in [-0.2, 0) is 13.2 Å². The number of rotatable bonds is 5. The van der Waals surface area contributed by atoms with Gasteiger partial charge in [0.25, 0.3) is 0 Å². The van der Waals surface area contributed by atoms with Crippen LogP contribution < -0.4 is 10.2 Å². The summed E-state index contributed by atoms with van der Waals surface area (Å²) in [6, 6.07) is 9.87. The van der Waals surface area contributed by atoms with Crippen molar-refractivity contribution < 1.29 is 5.11 Å². The summed E-state index contributed by atoms with van der Waals surface area (Å²) in [7, 11) is 0. The molecule has 0 saturated carbocycles. The Labute approximate surface area is 134 Å². The summed E-state index contributed by atoms with van der Waals surface area (Å²) >= 11 is 1.98. The molecule has 0 aliphatic carbocycles. The summed E-state index contributed by atoms with van der Waals surface area (Å²) in [5.74, 6) is 4.09. The Morgan fingerprint density at radius 1 is 1.14 bits per heavy atom. The molecule has 22 heavy (non-hydrogen) atoms.